The molecule has 3 aliphatic rings. The second-order valence-corrected chi connectivity index (χ2v) is 7.27. The number of nitrogens with zero attached hydrogens (tertiary/aromatic N) is 4. The van der Waals surface area contributed by atoms with Crippen molar-refractivity contribution in [3.05, 3.63) is 11.7 Å². The van der Waals surface area contributed by atoms with Crippen LogP contribution in [0.3, 0.4) is 0 Å². The molecular formula is C17H24N4O3. The molecule has 3 heterocycles. The molecule has 0 spiro atoms. The molecule has 0 N–H and O–H groups in total. The number of hydrogen-bond acceptors (Lipinski definition) is 5. The largest absolute Gasteiger partial charge is 0.340 e. The van der Waals surface area contributed by atoms with Gasteiger partial charge in [-0.15, -0.1) is 0 Å². The third kappa shape index (κ3) is 2.91. The molecule has 2 atom stereocenters. The fourth-order valence-electron chi connectivity index (χ4n) is 3.92. The van der Waals surface area contributed by atoms with Gasteiger partial charge in [0.1, 0.15) is 6.04 Å². The molecule has 1 aromatic rings. The van der Waals surface area contributed by atoms with Crippen LogP contribution in [0.1, 0.15) is 56.2 Å². The van der Waals surface area contributed by atoms with Gasteiger partial charge in [-0.3, -0.25) is 9.59 Å². The van der Waals surface area contributed by atoms with Gasteiger partial charge in [0.2, 0.25) is 17.7 Å². The Balaban J connectivity index is 1.44. The maximum Gasteiger partial charge on any atom is 0.245 e. The molecule has 2 aliphatic heterocycles. The van der Waals surface area contributed by atoms with Crippen LogP contribution in [0.4, 0.5) is 0 Å². The molecule has 1 aromatic heterocycles. The first-order valence-corrected chi connectivity index (χ1v) is 9.03. The van der Waals surface area contributed by atoms with Crippen molar-refractivity contribution in [3.63, 3.8) is 0 Å². The third-order valence-corrected chi connectivity index (χ3v) is 5.37. The molecule has 130 valence electrons. The van der Waals surface area contributed by atoms with Gasteiger partial charge < -0.3 is 14.3 Å². The van der Waals surface area contributed by atoms with Crippen LogP contribution in [0.5, 0.6) is 0 Å². The average Bonchev–Trinajstić information content (AvgIpc) is 3.17. The van der Waals surface area contributed by atoms with E-state index in [1.54, 1.807) is 6.92 Å². The van der Waals surface area contributed by atoms with Crippen molar-refractivity contribution in [1.29, 1.82) is 0 Å². The third-order valence-electron chi connectivity index (χ3n) is 5.37. The van der Waals surface area contributed by atoms with E-state index in [4.69, 9.17) is 4.52 Å². The van der Waals surface area contributed by atoms with Gasteiger partial charge in [-0.2, -0.15) is 4.98 Å². The van der Waals surface area contributed by atoms with Crippen LogP contribution < -0.4 is 0 Å². The average molecular weight is 332 g/mol. The van der Waals surface area contributed by atoms with Crippen molar-refractivity contribution >= 4 is 11.8 Å². The number of aromatic nitrogens is 2. The van der Waals surface area contributed by atoms with Crippen molar-refractivity contribution < 1.29 is 14.1 Å². The van der Waals surface area contributed by atoms with Crippen molar-refractivity contribution in [2.24, 2.45) is 5.92 Å². The summed E-state index contributed by atoms with van der Waals surface area (Å²) in [5.74, 6) is 1.83. The molecular weight excluding hydrogens is 308 g/mol. The van der Waals surface area contributed by atoms with E-state index in [-0.39, 0.29) is 29.7 Å². The van der Waals surface area contributed by atoms with Crippen molar-refractivity contribution in [3.8, 4) is 0 Å². The lowest BCUT2D eigenvalue weighted by molar-refractivity contribution is -0.145. The van der Waals surface area contributed by atoms with Crippen LogP contribution in [0.2, 0.25) is 0 Å². The Bertz CT molecular complexity index is 640. The molecule has 7 heteroatoms. The standard InChI is InChI=1S/C17H24N4O3/c1-11-18-15(24-19-11)13-4-2-8-20(10-13)17(23)14-5-3-9-21(14)16(22)12-6-7-12/h12-14H,2-10H2,1H3/t13-,14-/m0/s1. The van der Waals surface area contributed by atoms with Crippen molar-refractivity contribution in [1.82, 2.24) is 19.9 Å². The molecule has 2 saturated heterocycles. The van der Waals surface area contributed by atoms with Crippen molar-refractivity contribution in [2.45, 2.75) is 57.4 Å². The first-order chi connectivity index (χ1) is 11.6. The van der Waals surface area contributed by atoms with Gasteiger partial charge in [-0.05, 0) is 45.4 Å². The maximum atomic E-state index is 13.0. The second-order valence-electron chi connectivity index (χ2n) is 7.27. The lowest BCUT2D eigenvalue weighted by atomic mass is 9.97. The number of carbonyl (C=O) groups is 2. The molecule has 4 rings (SSSR count). The summed E-state index contributed by atoms with van der Waals surface area (Å²) in [6.07, 6.45) is 5.58. The zero-order valence-corrected chi connectivity index (χ0v) is 14.1. The molecule has 7 nitrogen and oxygen atoms in total. The minimum Gasteiger partial charge on any atom is -0.340 e. The summed E-state index contributed by atoms with van der Waals surface area (Å²) < 4.78 is 5.29. The zero-order valence-electron chi connectivity index (χ0n) is 14.1. The molecule has 1 aliphatic carbocycles. The minimum absolute atomic E-state index is 0.0995. The van der Waals surface area contributed by atoms with E-state index in [1.165, 1.54) is 0 Å². The first-order valence-electron chi connectivity index (χ1n) is 9.03. The monoisotopic (exact) mass is 332 g/mol. The molecule has 2 amide bonds. The van der Waals surface area contributed by atoms with Gasteiger partial charge in [0.15, 0.2) is 5.82 Å². The quantitative estimate of drug-likeness (QED) is 0.838. The van der Waals surface area contributed by atoms with Gasteiger partial charge in [0, 0.05) is 25.6 Å². The number of aryl methyl sites for hydroxylation is 1. The molecule has 3 fully saturated rings. The number of hydrogen-bond donors (Lipinski definition) is 0. The number of amides is 2. The summed E-state index contributed by atoms with van der Waals surface area (Å²) in [5.41, 5.74) is 0. The second kappa shape index (κ2) is 6.18. The first kappa shape index (κ1) is 15.6. The van der Waals surface area contributed by atoms with Crippen LogP contribution in [-0.2, 0) is 9.59 Å². The molecule has 0 bridgehead atoms. The SMILES string of the molecule is Cc1noc([C@H]2CCCN(C(=O)[C@@H]3CCCN3C(=O)C3CC3)C2)n1. The van der Waals surface area contributed by atoms with E-state index in [9.17, 15) is 9.59 Å². The van der Waals surface area contributed by atoms with Gasteiger partial charge in [-0.1, -0.05) is 5.16 Å². The lowest BCUT2D eigenvalue weighted by Crippen LogP contribution is -2.50. The lowest BCUT2D eigenvalue weighted by Gasteiger charge is -2.35. The van der Waals surface area contributed by atoms with Gasteiger partial charge in [0.25, 0.3) is 0 Å². The molecule has 24 heavy (non-hydrogen) atoms. The Labute approximate surface area is 141 Å². The highest BCUT2D eigenvalue weighted by atomic mass is 16.5. The minimum atomic E-state index is -0.263. The van der Waals surface area contributed by atoms with E-state index in [0.29, 0.717) is 18.3 Å². The summed E-state index contributed by atoms with van der Waals surface area (Å²) in [6, 6.07) is -0.263. The molecule has 0 radical (unpaired) electrons. The topological polar surface area (TPSA) is 79.5 Å². The van der Waals surface area contributed by atoms with Crippen molar-refractivity contribution in [2.75, 3.05) is 19.6 Å². The number of rotatable bonds is 3. The van der Waals surface area contributed by atoms with E-state index in [0.717, 1.165) is 51.6 Å². The predicted molar refractivity (Wildman–Crippen MR) is 85.0 cm³/mol. The van der Waals surface area contributed by atoms with Crippen LogP contribution in [0, 0.1) is 12.8 Å². The summed E-state index contributed by atoms with van der Waals surface area (Å²) in [5, 5.41) is 3.86. The predicted octanol–water partition coefficient (Wildman–Crippen LogP) is 1.49. The maximum absolute atomic E-state index is 13.0. The van der Waals surface area contributed by atoms with Gasteiger partial charge in [-0.25, -0.2) is 0 Å². The number of piperidine rings is 1. The van der Waals surface area contributed by atoms with Gasteiger partial charge in [0.05, 0.1) is 5.92 Å². The summed E-state index contributed by atoms with van der Waals surface area (Å²) >= 11 is 0. The summed E-state index contributed by atoms with van der Waals surface area (Å²) in [7, 11) is 0. The normalized spacial score (nSPS) is 27.5. The number of likely N-dealkylation sites (tertiary alicyclic amines) is 2. The zero-order chi connectivity index (χ0) is 16.7. The Morgan fingerprint density at radius 3 is 2.58 bits per heavy atom. The van der Waals surface area contributed by atoms with E-state index >= 15 is 0 Å². The van der Waals surface area contributed by atoms with Gasteiger partial charge >= 0.3 is 0 Å². The van der Waals surface area contributed by atoms with E-state index in [1.807, 2.05) is 9.80 Å². The highest BCUT2D eigenvalue weighted by Gasteiger charge is 2.42. The van der Waals surface area contributed by atoms with E-state index < -0.39 is 0 Å². The Kier molecular flexibility index (Phi) is 4.02. The molecule has 0 aromatic carbocycles. The van der Waals surface area contributed by atoms with Crippen LogP contribution in [0.25, 0.3) is 0 Å². The van der Waals surface area contributed by atoms with Crippen LogP contribution in [-0.4, -0.2) is 57.4 Å². The Morgan fingerprint density at radius 1 is 1.08 bits per heavy atom. The Hall–Kier alpha value is -1.92. The van der Waals surface area contributed by atoms with E-state index in [2.05, 4.69) is 10.1 Å². The Morgan fingerprint density at radius 2 is 1.88 bits per heavy atom. The fraction of sp³-hybridized carbons (Fsp3) is 0.765. The highest BCUT2D eigenvalue weighted by Crippen LogP contribution is 2.34. The summed E-state index contributed by atoms with van der Waals surface area (Å²) in [6.45, 7) is 3.90. The smallest absolute Gasteiger partial charge is 0.245 e. The molecule has 1 saturated carbocycles. The summed E-state index contributed by atoms with van der Waals surface area (Å²) in [4.78, 5) is 33.5. The van der Waals surface area contributed by atoms with Crippen LogP contribution in [0.15, 0.2) is 4.52 Å². The van der Waals surface area contributed by atoms with Crippen LogP contribution >= 0.6 is 0 Å². The highest BCUT2D eigenvalue weighted by molar-refractivity contribution is 5.90. The number of carbonyl (C=O) groups excluding carboxylic acids is 2. The fourth-order valence-corrected chi connectivity index (χ4v) is 3.92. The molecule has 0 unspecified atom stereocenters.